The van der Waals surface area contributed by atoms with Crippen molar-refractivity contribution in [3.05, 3.63) is 47.2 Å². The fraction of sp³-hybridized carbons (Fsp3) is 0.368. The van der Waals surface area contributed by atoms with Crippen LogP contribution < -0.4 is 4.90 Å². The Balaban J connectivity index is 0.000000257. The molecule has 0 atom stereocenters. The molecule has 0 saturated carbocycles. The van der Waals surface area contributed by atoms with Crippen molar-refractivity contribution in [3.63, 3.8) is 0 Å². The van der Waals surface area contributed by atoms with Crippen LogP contribution in [0, 0.1) is 0 Å². The molecule has 1 aliphatic rings. The first kappa shape index (κ1) is 27.8. The van der Waals surface area contributed by atoms with Gasteiger partial charge in [0.1, 0.15) is 0 Å². The quantitative estimate of drug-likeness (QED) is 0.499. The number of aromatic nitrogens is 3. The lowest BCUT2D eigenvalue weighted by molar-refractivity contribution is -0.193. The molecule has 3 aromatic rings. The molecule has 4 rings (SSSR count). The molecule has 2 N–H and O–H groups in total. The molecule has 9 nitrogen and oxygen atoms in total. The van der Waals surface area contributed by atoms with Gasteiger partial charge >= 0.3 is 24.3 Å². The van der Waals surface area contributed by atoms with Crippen molar-refractivity contribution in [2.45, 2.75) is 18.9 Å². The molecule has 0 aliphatic carbocycles. The SMILES string of the molecule is O=C(O)C(F)(F)F.O=C(O)C(F)(F)F.c1csc(CN2CCN(c3nccn4ccnc34)CC2)c1. The number of anilines is 1. The smallest absolute Gasteiger partial charge is 0.475 e. The number of carboxylic acid groups (broad SMARTS) is 2. The van der Waals surface area contributed by atoms with E-state index in [9.17, 15) is 26.3 Å². The molecule has 3 aromatic heterocycles. The van der Waals surface area contributed by atoms with E-state index in [1.807, 2.05) is 40.5 Å². The Kier molecular flexibility index (Phi) is 9.41. The number of halogens is 6. The highest BCUT2D eigenvalue weighted by atomic mass is 32.1. The number of carbonyl (C=O) groups is 2. The normalized spacial score (nSPS) is 14.5. The van der Waals surface area contributed by atoms with Crippen LogP contribution in [0.3, 0.4) is 0 Å². The highest BCUT2D eigenvalue weighted by Gasteiger charge is 2.38. The Morgan fingerprint density at radius 3 is 1.89 bits per heavy atom. The molecule has 35 heavy (non-hydrogen) atoms. The molecule has 1 fully saturated rings. The van der Waals surface area contributed by atoms with Gasteiger partial charge in [0.05, 0.1) is 0 Å². The van der Waals surface area contributed by atoms with E-state index >= 15 is 0 Å². The number of fused-ring (bicyclic) bond motifs is 1. The van der Waals surface area contributed by atoms with Crippen LogP contribution in [0.1, 0.15) is 4.88 Å². The lowest BCUT2D eigenvalue weighted by Gasteiger charge is -2.35. The summed E-state index contributed by atoms with van der Waals surface area (Å²) in [5.74, 6) is -4.52. The van der Waals surface area contributed by atoms with Crippen LogP contribution in [0.4, 0.5) is 32.2 Å². The maximum atomic E-state index is 10.6. The zero-order valence-electron chi connectivity index (χ0n) is 17.7. The van der Waals surface area contributed by atoms with Crippen molar-refractivity contribution >= 4 is 34.7 Å². The summed E-state index contributed by atoms with van der Waals surface area (Å²) in [6, 6.07) is 4.34. The van der Waals surface area contributed by atoms with E-state index in [-0.39, 0.29) is 0 Å². The van der Waals surface area contributed by atoms with E-state index < -0.39 is 24.3 Å². The lowest BCUT2D eigenvalue weighted by atomic mass is 10.3. The van der Waals surface area contributed by atoms with Crippen LogP contribution in [0.5, 0.6) is 0 Å². The summed E-state index contributed by atoms with van der Waals surface area (Å²) >= 11 is 1.84. The Hall–Kier alpha value is -3.40. The van der Waals surface area contributed by atoms with E-state index in [0.717, 1.165) is 44.2 Å². The Bertz CT molecular complexity index is 1070. The topological polar surface area (TPSA) is 111 Å². The molecule has 16 heteroatoms. The first-order valence-electron chi connectivity index (χ1n) is 9.66. The predicted molar refractivity (Wildman–Crippen MR) is 112 cm³/mol. The second-order valence-electron chi connectivity index (χ2n) is 6.86. The minimum atomic E-state index is -5.08. The molecule has 0 bridgehead atoms. The van der Waals surface area contributed by atoms with E-state index in [1.54, 1.807) is 0 Å². The Labute approximate surface area is 197 Å². The van der Waals surface area contributed by atoms with Crippen LogP contribution in [0.2, 0.25) is 0 Å². The molecule has 0 aromatic carbocycles. The second-order valence-corrected chi connectivity index (χ2v) is 7.89. The monoisotopic (exact) mass is 527 g/mol. The van der Waals surface area contributed by atoms with Crippen molar-refractivity contribution in [2.24, 2.45) is 0 Å². The Morgan fingerprint density at radius 2 is 1.43 bits per heavy atom. The summed E-state index contributed by atoms with van der Waals surface area (Å²) in [5.41, 5.74) is 0.948. The maximum absolute atomic E-state index is 10.6. The van der Waals surface area contributed by atoms with E-state index in [2.05, 4.69) is 37.3 Å². The van der Waals surface area contributed by atoms with Crippen LogP contribution >= 0.6 is 11.3 Å². The third kappa shape index (κ3) is 8.71. The van der Waals surface area contributed by atoms with Gasteiger partial charge in [-0.2, -0.15) is 26.3 Å². The van der Waals surface area contributed by atoms with E-state index in [0.29, 0.717) is 0 Å². The number of alkyl halides is 6. The number of piperazine rings is 1. The number of hydrogen-bond acceptors (Lipinski definition) is 7. The van der Waals surface area contributed by atoms with Gasteiger partial charge < -0.3 is 19.5 Å². The summed E-state index contributed by atoms with van der Waals surface area (Å²) in [5, 5.41) is 16.4. The second kappa shape index (κ2) is 11.8. The van der Waals surface area contributed by atoms with E-state index in [1.165, 1.54) is 4.88 Å². The van der Waals surface area contributed by atoms with Gasteiger partial charge in [-0.15, -0.1) is 11.3 Å². The standard InChI is InChI=1S/C15H17N5S.2C2HF3O2/c1-2-13(21-11-1)12-18-7-9-20(10-8-18)15-14-16-3-5-19(14)6-4-17-15;2*3-2(4,5)1(6)7/h1-6,11H,7-10,12H2;2*(H,6,7). The maximum Gasteiger partial charge on any atom is 0.490 e. The minimum Gasteiger partial charge on any atom is -0.475 e. The van der Waals surface area contributed by atoms with Crippen molar-refractivity contribution < 1.29 is 46.1 Å². The first-order valence-corrected chi connectivity index (χ1v) is 10.5. The molecule has 0 radical (unpaired) electrons. The third-order valence-electron chi connectivity index (χ3n) is 4.41. The summed E-state index contributed by atoms with van der Waals surface area (Å²) in [6.45, 7) is 5.21. The molecule has 0 spiro atoms. The van der Waals surface area contributed by atoms with Gasteiger partial charge in [-0.1, -0.05) is 6.07 Å². The van der Waals surface area contributed by atoms with Gasteiger partial charge in [-0.05, 0) is 11.4 Å². The average Bonchev–Trinajstić information content (AvgIpc) is 3.45. The fourth-order valence-corrected chi connectivity index (χ4v) is 3.55. The van der Waals surface area contributed by atoms with Crippen LogP contribution in [-0.2, 0) is 16.1 Å². The molecular formula is C19H19F6N5O4S. The zero-order valence-corrected chi connectivity index (χ0v) is 18.5. The van der Waals surface area contributed by atoms with Gasteiger partial charge in [0, 0.05) is 62.4 Å². The summed E-state index contributed by atoms with van der Waals surface area (Å²) < 4.78 is 65.5. The number of carboxylic acids is 2. The number of imidazole rings is 1. The summed E-state index contributed by atoms with van der Waals surface area (Å²) in [7, 11) is 0. The zero-order chi connectivity index (χ0) is 26.2. The Morgan fingerprint density at radius 1 is 0.914 bits per heavy atom. The molecule has 0 unspecified atom stereocenters. The number of hydrogen-bond donors (Lipinski definition) is 2. The van der Waals surface area contributed by atoms with Crippen molar-refractivity contribution in [1.29, 1.82) is 0 Å². The van der Waals surface area contributed by atoms with Gasteiger partial charge in [0.2, 0.25) is 0 Å². The van der Waals surface area contributed by atoms with Gasteiger partial charge in [-0.25, -0.2) is 19.6 Å². The number of thiophene rings is 1. The van der Waals surface area contributed by atoms with Gasteiger partial charge in [0.25, 0.3) is 0 Å². The first-order chi connectivity index (χ1) is 16.3. The lowest BCUT2D eigenvalue weighted by Crippen LogP contribution is -2.46. The number of nitrogens with zero attached hydrogens (tertiary/aromatic N) is 5. The van der Waals surface area contributed by atoms with Crippen molar-refractivity contribution in [1.82, 2.24) is 19.3 Å². The molecule has 1 saturated heterocycles. The largest absolute Gasteiger partial charge is 0.490 e. The summed E-state index contributed by atoms with van der Waals surface area (Å²) in [4.78, 5) is 33.0. The highest BCUT2D eigenvalue weighted by molar-refractivity contribution is 7.09. The van der Waals surface area contributed by atoms with Gasteiger partial charge in [-0.3, -0.25) is 4.90 Å². The van der Waals surface area contributed by atoms with Crippen molar-refractivity contribution in [3.8, 4) is 0 Å². The van der Waals surface area contributed by atoms with E-state index in [4.69, 9.17) is 19.8 Å². The van der Waals surface area contributed by atoms with Crippen LogP contribution in [0.25, 0.3) is 5.65 Å². The van der Waals surface area contributed by atoms with Crippen LogP contribution in [0.15, 0.2) is 42.3 Å². The molecule has 4 heterocycles. The highest BCUT2D eigenvalue weighted by Crippen LogP contribution is 2.20. The molecule has 192 valence electrons. The van der Waals surface area contributed by atoms with Gasteiger partial charge in [0.15, 0.2) is 11.5 Å². The number of aliphatic carboxylic acids is 2. The van der Waals surface area contributed by atoms with Crippen molar-refractivity contribution in [2.75, 3.05) is 31.1 Å². The number of rotatable bonds is 3. The third-order valence-corrected chi connectivity index (χ3v) is 5.27. The minimum absolute atomic E-state index is 0.948. The molecular weight excluding hydrogens is 508 g/mol. The van der Waals surface area contributed by atoms with Crippen LogP contribution in [-0.4, -0.2) is 80.0 Å². The fourth-order valence-electron chi connectivity index (χ4n) is 2.80. The summed E-state index contributed by atoms with van der Waals surface area (Å²) in [6.07, 6.45) is -2.58. The molecule has 1 aliphatic heterocycles. The predicted octanol–water partition coefficient (Wildman–Crippen LogP) is 3.38. The average molecular weight is 527 g/mol. The molecule has 0 amide bonds.